The van der Waals surface area contributed by atoms with Gasteiger partial charge < -0.3 is 14.5 Å². The molecular weight excluding hydrogens is 304 g/mol. The summed E-state index contributed by atoms with van der Waals surface area (Å²) in [7, 11) is 1.66. The molecule has 0 atom stereocenters. The van der Waals surface area contributed by atoms with Gasteiger partial charge in [0.1, 0.15) is 17.3 Å². The van der Waals surface area contributed by atoms with Gasteiger partial charge >= 0.3 is 0 Å². The van der Waals surface area contributed by atoms with Crippen LogP contribution >= 0.6 is 0 Å². The van der Waals surface area contributed by atoms with Crippen molar-refractivity contribution in [2.75, 3.05) is 12.4 Å². The Labute approximate surface area is 138 Å². The Balaban J connectivity index is 1.57. The largest absolute Gasteiger partial charge is 0.497 e. The highest BCUT2D eigenvalue weighted by Gasteiger charge is 2.10. The number of nitrogens with one attached hydrogen (secondary N) is 1. The van der Waals surface area contributed by atoms with Crippen molar-refractivity contribution in [3.05, 3.63) is 66.6 Å². The standard InChI is InChI=1S/C18H16N4O2/c1-23-14-6-4-13(5-7-14)11-19-17-8-9-18-20-12-15(22(18)21-17)16-3-2-10-24-16/h2-10,12H,11H2,1H3,(H,19,21). The van der Waals surface area contributed by atoms with Crippen LogP contribution in [-0.2, 0) is 6.54 Å². The highest BCUT2D eigenvalue weighted by atomic mass is 16.5. The van der Waals surface area contributed by atoms with Gasteiger partial charge in [-0.05, 0) is 42.0 Å². The van der Waals surface area contributed by atoms with Gasteiger partial charge in [-0.15, -0.1) is 5.10 Å². The van der Waals surface area contributed by atoms with Gasteiger partial charge in [0.05, 0.1) is 19.6 Å². The summed E-state index contributed by atoms with van der Waals surface area (Å²) in [6.45, 7) is 0.674. The molecular formula is C18H16N4O2. The molecule has 0 amide bonds. The van der Waals surface area contributed by atoms with Crippen LogP contribution in [0.25, 0.3) is 17.1 Å². The minimum Gasteiger partial charge on any atom is -0.497 e. The van der Waals surface area contributed by atoms with E-state index < -0.39 is 0 Å². The van der Waals surface area contributed by atoms with Crippen LogP contribution in [0.2, 0.25) is 0 Å². The van der Waals surface area contributed by atoms with E-state index in [4.69, 9.17) is 9.15 Å². The maximum absolute atomic E-state index is 5.44. The molecule has 0 saturated heterocycles. The van der Waals surface area contributed by atoms with Crippen LogP contribution in [0.3, 0.4) is 0 Å². The first kappa shape index (κ1) is 14.3. The van der Waals surface area contributed by atoms with Crippen molar-refractivity contribution >= 4 is 11.5 Å². The molecule has 1 aromatic carbocycles. The average Bonchev–Trinajstić information content (AvgIpc) is 3.29. The topological polar surface area (TPSA) is 64.6 Å². The zero-order chi connectivity index (χ0) is 16.4. The Morgan fingerprint density at radius 2 is 2.00 bits per heavy atom. The third-order valence-corrected chi connectivity index (χ3v) is 3.77. The molecule has 4 rings (SSSR count). The number of benzene rings is 1. The van der Waals surface area contributed by atoms with Crippen LogP contribution in [0.4, 0.5) is 5.82 Å². The second-order valence-electron chi connectivity index (χ2n) is 5.31. The number of imidazole rings is 1. The smallest absolute Gasteiger partial charge is 0.154 e. The van der Waals surface area contributed by atoms with Crippen LogP contribution in [-0.4, -0.2) is 21.7 Å². The Morgan fingerprint density at radius 1 is 1.12 bits per heavy atom. The van der Waals surface area contributed by atoms with E-state index in [0.29, 0.717) is 6.54 Å². The molecule has 0 radical (unpaired) electrons. The average molecular weight is 320 g/mol. The molecule has 0 fully saturated rings. The molecule has 0 aliphatic rings. The molecule has 1 N–H and O–H groups in total. The van der Waals surface area contributed by atoms with Crippen molar-refractivity contribution < 1.29 is 9.15 Å². The fraction of sp³-hybridized carbons (Fsp3) is 0.111. The van der Waals surface area contributed by atoms with E-state index in [0.717, 1.165) is 34.2 Å². The van der Waals surface area contributed by atoms with Gasteiger partial charge in [0.25, 0.3) is 0 Å². The highest BCUT2D eigenvalue weighted by Crippen LogP contribution is 2.21. The van der Waals surface area contributed by atoms with E-state index in [1.54, 1.807) is 24.1 Å². The first-order valence-corrected chi connectivity index (χ1v) is 7.59. The Bertz CT molecular complexity index is 943. The number of ether oxygens (including phenoxy) is 1. The molecule has 0 saturated carbocycles. The third-order valence-electron chi connectivity index (χ3n) is 3.77. The molecule has 6 heteroatoms. The third kappa shape index (κ3) is 2.69. The van der Waals surface area contributed by atoms with Crippen molar-refractivity contribution in [2.45, 2.75) is 6.54 Å². The van der Waals surface area contributed by atoms with Crippen molar-refractivity contribution in [1.29, 1.82) is 0 Å². The highest BCUT2D eigenvalue weighted by molar-refractivity contribution is 5.58. The lowest BCUT2D eigenvalue weighted by atomic mass is 10.2. The Kier molecular flexibility index (Phi) is 3.63. The van der Waals surface area contributed by atoms with Gasteiger partial charge in [0.2, 0.25) is 0 Å². The van der Waals surface area contributed by atoms with E-state index in [1.165, 1.54) is 0 Å². The van der Waals surface area contributed by atoms with Crippen molar-refractivity contribution in [2.24, 2.45) is 0 Å². The Hall–Kier alpha value is -3.28. The zero-order valence-corrected chi connectivity index (χ0v) is 13.1. The first-order valence-electron chi connectivity index (χ1n) is 7.59. The van der Waals surface area contributed by atoms with Crippen LogP contribution in [0, 0.1) is 0 Å². The molecule has 120 valence electrons. The minimum absolute atomic E-state index is 0.674. The predicted octanol–water partition coefficient (Wildman–Crippen LogP) is 3.61. The van der Waals surface area contributed by atoms with Crippen LogP contribution in [0.1, 0.15) is 5.56 Å². The number of furan rings is 1. The molecule has 4 aromatic rings. The minimum atomic E-state index is 0.674. The lowest BCUT2D eigenvalue weighted by molar-refractivity contribution is 0.414. The molecule has 0 aliphatic heterocycles. The lowest BCUT2D eigenvalue weighted by Crippen LogP contribution is -2.04. The quantitative estimate of drug-likeness (QED) is 0.608. The summed E-state index contributed by atoms with van der Waals surface area (Å²) in [5.41, 5.74) is 2.74. The Morgan fingerprint density at radius 3 is 2.75 bits per heavy atom. The number of anilines is 1. The van der Waals surface area contributed by atoms with Gasteiger partial charge in [-0.25, -0.2) is 9.50 Å². The summed E-state index contributed by atoms with van der Waals surface area (Å²) in [6.07, 6.45) is 3.40. The first-order chi connectivity index (χ1) is 11.8. The number of nitrogens with zero attached hydrogens (tertiary/aromatic N) is 3. The molecule has 24 heavy (non-hydrogen) atoms. The summed E-state index contributed by atoms with van der Waals surface area (Å²) in [5, 5.41) is 7.92. The summed E-state index contributed by atoms with van der Waals surface area (Å²) in [4.78, 5) is 4.35. The molecule has 0 unspecified atom stereocenters. The SMILES string of the molecule is COc1ccc(CNc2ccc3ncc(-c4ccco4)n3n2)cc1. The number of hydrogen-bond donors (Lipinski definition) is 1. The predicted molar refractivity (Wildman–Crippen MR) is 91.0 cm³/mol. The van der Waals surface area contributed by atoms with E-state index in [9.17, 15) is 0 Å². The molecule has 6 nitrogen and oxygen atoms in total. The fourth-order valence-corrected chi connectivity index (χ4v) is 2.50. The van der Waals surface area contributed by atoms with Crippen LogP contribution in [0.15, 0.2) is 65.4 Å². The van der Waals surface area contributed by atoms with Crippen LogP contribution < -0.4 is 10.1 Å². The fourth-order valence-electron chi connectivity index (χ4n) is 2.50. The van der Waals surface area contributed by atoms with Gasteiger partial charge in [-0.1, -0.05) is 12.1 Å². The number of rotatable bonds is 5. The van der Waals surface area contributed by atoms with E-state index in [-0.39, 0.29) is 0 Å². The molecule has 0 bridgehead atoms. The summed E-state index contributed by atoms with van der Waals surface area (Å²) in [6, 6.07) is 15.5. The second kappa shape index (κ2) is 6.08. The molecule has 0 aliphatic carbocycles. The van der Waals surface area contributed by atoms with E-state index in [2.05, 4.69) is 15.4 Å². The number of aromatic nitrogens is 3. The normalized spacial score (nSPS) is 10.9. The summed E-state index contributed by atoms with van der Waals surface area (Å²) in [5.74, 6) is 2.35. The number of fused-ring (bicyclic) bond motifs is 1. The van der Waals surface area contributed by atoms with Gasteiger partial charge in [0.15, 0.2) is 11.4 Å². The van der Waals surface area contributed by atoms with Gasteiger partial charge in [-0.2, -0.15) is 0 Å². The number of hydrogen-bond acceptors (Lipinski definition) is 5. The zero-order valence-electron chi connectivity index (χ0n) is 13.1. The summed E-state index contributed by atoms with van der Waals surface area (Å²) < 4.78 is 12.4. The van der Waals surface area contributed by atoms with Crippen LogP contribution in [0.5, 0.6) is 5.75 Å². The van der Waals surface area contributed by atoms with Crippen molar-refractivity contribution in [3.63, 3.8) is 0 Å². The van der Waals surface area contributed by atoms with Crippen molar-refractivity contribution in [3.8, 4) is 17.2 Å². The molecule has 3 aromatic heterocycles. The van der Waals surface area contributed by atoms with Gasteiger partial charge in [-0.3, -0.25) is 0 Å². The maximum atomic E-state index is 5.44. The monoisotopic (exact) mass is 320 g/mol. The van der Waals surface area contributed by atoms with Gasteiger partial charge in [0, 0.05) is 6.54 Å². The van der Waals surface area contributed by atoms with E-state index in [1.807, 2.05) is 48.5 Å². The van der Waals surface area contributed by atoms with Crippen molar-refractivity contribution in [1.82, 2.24) is 14.6 Å². The number of methoxy groups -OCH3 is 1. The second-order valence-corrected chi connectivity index (χ2v) is 5.31. The van der Waals surface area contributed by atoms with E-state index >= 15 is 0 Å². The summed E-state index contributed by atoms with van der Waals surface area (Å²) >= 11 is 0. The maximum Gasteiger partial charge on any atom is 0.154 e. The lowest BCUT2D eigenvalue weighted by Gasteiger charge is -2.07. The molecule has 3 heterocycles. The molecule has 0 spiro atoms.